The zero-order valence-corrected chi connectivity index (χ0v) is 65.0. The Balaban J connectivity index is 0.752. The first-order valence-electron chi connectivity index (χ1n) is 39.4. The van der Waals surface area contributed by atoms with Crippen molar-refractivity contribution in [1.29, 1.82) is 0 Å². The molecule has 13 rings (SSSR count). The second kappa shape index (κ2) is 33.8. The molecule has 642 valence electrons. The highest BCUT2D eigenvalue weighted by Gasteiger charge is 2.72. The van der Waals surface area contributed by atoms with Crippen molar-refractivity contribution in [1.82, 2.24) is 0 Å². The summed E-state index contributed by atoms with van der Waals surface area (Å²) in [5.74, 6) is -3.69. The molecule has 16 N–H and O–H groups in total. The fraction of sp³-hybridized carbons (Fsp3) is 0.821. The molecule has 0 spiro atoms. The molecular weight excluding hydrogens is 1510 g/mol. The number of aldehydes is 1. The van der Waals surface area contributed by atoms with E-state index >= 15 is 4.79 Å². The monoisotopic (exact) mass is 1630 g/mol. The SMILES string of the molecule is COc1ccc(C=CC(=O)OC2C(C)OC(OC(=O)C34CCC(C)(C)CC3C3=CCC5C6(C)CCC(OC7OC(C(=O)O)C(O)C(OC8OCC(O)C(O)C8O)C7OC7OCC(O)C(O)C7O)C(C)(C=O)C6CCC5(C)C3(C)CC4)C(OC3OC(C)C(OC4OCC(O)C(OC5OCC(O)C(O)C5O)C4O)C(O)C3O)C2O)cc1. The van der Waals surface area contributed by atoms with E-state index in [2.05, 4.69) is 40.7 Å². The third kappa shape index (κ3) is 15.9. The minimum Gasteiger partial charge on any atom is -0.497 e. The summed E-state index contributed by atoms with van der Waals surface area (Å²) in [7, 11) is 1.51. The van der Waals surface area contributed by atoms with E-state index in [9.17, 15) is 96.1 Å². The zero-order valence-electron chi connectivity index (χ0n) is 65.0. The Labute approximate surface area is 657 Å². The van der Waals surface area contributed by atoms with E-state index in [0.717, 1.165) is 17.9 Å². The van der Waals surface area contributed by atoms with Crippen LogP contribution in [-0.4, -0.2) is 336 Å². The summed E-state index contributed by atoms with van der Waals surface area (Å²) in [5.41, 5.74) is -2.96. The average molecular weight is 1630 g/mol. The average Bonchev–Trinajstić information content (AvgIpc) is 0.670. The van der Waals surface area contributed by atoms with Gasteiger partial charge in [0, 0.05) is 6.08 Å². The molecule has 4 saturated carbocycles. The smallest absolute Gasteiger partial charge is 0.335 e. The van der Waals surface area contributed by atoms with Gasteiger partial charge in [-0.1, -0.05) is 65.3 Å². The lowest BCUT2D eigenvalue weighted by molar-refractivity contribution is -0.386. The number of esters is 2. The van der Waals surface area contributed by atoms with Crippen LogP contribution in [0.5, 0.6) is 5.75 Å². The van der Waals surface area contributed by atoms with E-state index in [1.165, 1.54) is 27.0 Å². The number of carbonyl (C=O) groups excluding carboxylic acids is 3. The number of benzene rings is 1. The molecule has 1 aromatic rings. The fourth-order valence-corrected chi connectivity index (χ4v) is 20.8. The number of carboxylic acids is 1. The van der Waals surface area contributed by atoms with Crippen LogP contribution in [0.25, 0.3) is 6.08 Å². The van der Waals surface area contributed by atoms with Crippen LogP contribution in [0.15, 0.2) is 42.0 Å². The molecule has 114 heavy (non-hydrogen) atoms. The standard InChI is InChI=1S/C78H114O36/c1-32-57(108-68-56(95)59(41(83)30-103-68)109-65-50(89)46(85)38(80)27-100-65)49(88)53(92)69(104-32)112-62-54(93)58(107-45(84)17-12-34-10-13-35(99-9)14-11-34)33(2)105-70(62)114-72(98)78-24-22-73(3,4)26-37(78)36-15-16-43-74(5)20-19-44(75(6,31-79)42(74)18-21-77(43,8)76(36,7)23-25-78)106-71-63(113-67-52(91)48(87)40(82)29-102-67)60(55(94)61(111-71)64(96)97)110-66-51(90)47(86)39(81)28-101-66/h10-15,17,31-33,37-44,46-63,65-71,80-83,85-95H,16,18-30H2,1-9H3,(H,96,97). The third-order valence-electron chi connectivity index (χ3n) is 27.8. The first kappa shape index (κ1) is 87.3. The molecule has 1 aromatic carbocycles. The van der Waals surface area contributed by atoms with Crippen LogP contribution in [0.4, 0.5) is 0 Å². The van der Waals surface area contributed by atoms with Gasteiger partial charge in [-0.2, -0.15) is 0 Å². The summed E-state index contributed by atoms with van der Waals surface area (Å²) in [6, 6.07) is 6.77. The maximum Gasteiger partial charge on any atom is 0.335 e. The molecule has 0 bridgehead atoms. The quantitative estimate of drug-likeness (QED) is 0.0213. The van der Waals surface area contributed by atoms with Gasteiger partial charge in [0.15, 0.2) is 56.1 Å². The van der Waals surface area contributed by atoms with Crippen molar-refractivity contribution in [2.45, 2.75) is 316 Å². The first-order chi connectivity index (χ1) is 53.7. The topological polar surface area (TPSA) is 540 Å². The molecule has 11 fully saturated rings. The predicted octanol–water partition coefficient (Wildman–Crippen LogP) is -2.41. The van der Waals surface area contributed by atoms with Crippen LogP contribution in [0.1, 0.15) is 125 Å². The van der Waals surface area contributed by atoms with Crippen LogP contribution in [0.3, 0.4) is 0 Å². The van der Waals surface area contributed by atoms with E-state index in [1.54, 1.807) is 31.2 Å². The minimum atomic E-state index is -2.16. The van der Waals surface area contributed by atoms with E-state index < -0.39 is 280 Å². The van der Waals surface area contributed by atoms with Gasteiger partial charge in [-0.05, 0) is 141 Å². The Hall–Kier alpha value is -4.54. The predicted molar refractivity (Wildman–Crippen MR) is 381 cm³/mol. The van der Waals surface area contributed by atoms with Crippen LogP contribution in [0.2, 0.25) is 0 Å². The highest BCUT2D eigenvalue weighted by molar-refractivity contribution is 5.87. The summed E-state index contributed by atoms with van der Waals surface area (Å²) in [6.07, 6.45) is -45.5. The van der Waals surface area contributed by atoms with E-state index in [0.29, 0.717) is 69.1 Å². The Kier molecular flexibility index (Phi) is 25.9. The van der Waals surface area contributed by atoms with Crippen LogP contribution >= 0.6 is 0 Å². The summed E-state index contributed by atoms with van der Waals surface area (Å²) in [6.45, 7) is 13.6. The molecule has 0 amide bonds. The normalized spacial score (nSPS) is 50.3. The third-order valence-corrected chi connectivity index (χ3v) is 27.8. The molecule has 40 atom stereocenters. The Morgan fingerprint density at radius 2 is 1.01 bits per heavy atom. The molecule has 36 heteroatoms. The van der Waals surface area contributed by atoms with Gasteiger partial charge in [-0.3, -0.25) is 4.79 Å². The van der Waals surface area contributed by atoms with Gasteiger partial charge in [0.2, 0.25) is 6.29 Å². The van der Waals surface area contributed by atoms with Crippen molar-refractivity contribution in [3.63, 3.8) is 0 Å². The molecular formula is C78H114O36. The zero-order chi connectivity index (χ0) is 82.5. The number of allylic oxidation sites excluding steroid dienone is 2. The second-order valence-electron chi connectivity index (χ2n) is 35.1. The molecule has 7 heterocycles. The number of carbonyl (C=O) groups is 4. The first-order valence-corrected chi connectivity index (χ1v) is 39.4. The van der Waals surface area contributed by atoms with Crippen molar-refractivity contribution in [2.75, 3.05) is 33.5 Å². The minimum absolute atomic E-state index is 0.112. The van der Waals surface area contributed by atoms with Gasteiger partial charge in [-0.25, -0.2) is 9.59 Å². The van der Waals surface area contributed by atoms with Gasteiger partial charge in [0.25, 0.3) is 0 Å². The summed E-state index contributed by atoms with van der Waals surface area (Å²) >= 11 is 0. The van der Waals surface area contributed by atoms with Gasteiger partial charge >= 0.3 is 17.9 Å². The van der Waals surface area contributed by atoms with E-state index in [1.807, 2.05) is 0 Å². The van der Waals surface area contributed by atoms with Crippen LogP contribution in [-0.2, 0) is 90.2 Å². The highest BCUT2D eigenvalue weighted by Crippen LogP contribution is 2.76. The van der Waals surface area contributed by atoms with Gasteiger partial charge in [0.05, 0.1) is 62.7 Å². The lowest BCUT2D eigenvalue weighted by atomic mass is 9.33. The summed E-state index contributed by atoms with van der Waals surface area (Å²) in [4.78, 5) is 57.1. The lowest BCUT2D eigenvalue weighted by Crippen LogP contribution is -2.68. The highest BCUT2D eigenvalue weighted by atomic mass is 16.8. The number of carboxylic acid groups (broad SMARTS) is 1. The van der Waals surface area contributed by atoms with Crippen molar-refractivity contribution in [3.05, 3.63) is 47.6 Å². The fourth-order valence-electron chi connectivity index (χ4n) is 20.8. The number of fused-ring (bicyclic) bond motifs is 7. The number of aliphatic hydroxyl groups is 15. The number of aliphatic carboxylic acids is 1. The number of hydrogen-bond donors (Lipinski definition) is 16. The van der Waals surface area contributed by atoms with Crippen molar-refractivity contribution < 1.29 is 177 Å². The number of hydrogen-bond acceptors (Lipinski definition) is 35. The molecule has 36 nitrogen and oxygen atoms in total. The Morgan fingerprint density at radius 3 is 1.60 bits per heavy atom. The van der Waals surface area contributed by atoms with Crippen molar-refractivity contribution >= 4 is 30.3 Å². The van der Waals surface area contributed by atoms with Crippen molar-refractivity contribution in [2.24, 2.45) is 50.2 Å². The second-order valence-corrected chi connectivity index (χ2v) is 35.1. The molecule has 0 aromatic heterocycles. The lowest BCUT2D eigenvalue weighted by Gasteiger charge is -2.71. The molecule has 40 unspecified atom stereocenters. The maximum atomic E-state index is 16.1. The maximum absolute atomic E-state index is 16.1. The number of methoxy groups -OCH3 is 1. The Bertz CT molecular complexity index is 3590. The van der Waals surface area contributed by atoms with Crippen molar-refractivity contribution in [3.8, 4) is 5.75 Å². The summed E-state index contributed by atoms with van der Waals surface area (Å²) < 4.78 is 96.0. The molecule has 7 saturated heterocycles. The molecule has 0 radical (unpaired) electrons. The largest absolute Gasteiger partial charge is 0.497 e. The van der Waals surface area contributed by atoms with E-state index in [-0.39, 0.29) is 17.8 Å². The molecule has 5 aliphatic carbocycles. The Morgan fingerprint density at radius 1 is 0.482 bits per heavy atom. The molecule has 12 aliphatic rings. The number of aliphatic hydroxyl groups excluding tert-OH is 15. The van der Waals surface area contributed by atoms with Gasteiger partial charge < -0.3 is 162 Å². The van der Waals surface area contributed by atoms with Gasteiger partial charge in [0.1, 0.15) is 128 Å². The number of rotatable bonds is 20. The van der Waals surface area contributed by atoms with E-state index in [4.69, 9.17) is 75.8 Å². The van der Waals surface area contributed by atoms with Crippen LogP contribution < -0.4 is 4.74 Å². The molecule has 7 aliphatic heterocycles. The summed E-state index contributed by atoms with van der Waals surface area (Å²) in [5, 5.41) is 176. The number of ether oxygens (including phenoxy) is 16. The van der Waals surface area contributed by atoms with Gasteiger partial charge in [-0.15, -0.1) is 0 Å². The van der Waals surface area contributed by atoms with Crippen LogP contribution in [0, 0.1) is 50.2 Å².